The first kappa shape index (κ1) is 20.6. The van der Waals surface area contributed by atoms with Crippen molar-refractivity contribution in [1.29, 1.82) is 0 Å². The summed E-state index contributed by atoms with van der Waals surface area (Å²) in [6.45, 7) is 1.95. The monoisotopic (exact) mass is 428 g/mol. The molecule has 2 amide bonds. The third kappa shape index (κ3) is 4.03. The zero-order valence-corrected chi connectivity index (χ0v) is 16.5. The molecule has 0 spiro atoms. The first-order valence-electron chi connectivity index (χ1n) is 9.72. The Labute approximate surface area is 176 Å². The lowest BCUT2D eigenvalue weighted by atomic mass is 10.0. The van der Waals surface area contributed by atoms with E-state index in [1.807, 2.05) is 37.3 Å². The molecule has 160 valence electrons. The Kier molecular flexibility index (Phi) is 5.26. The third-order valence-electron chi connectivity index (χ3n) is 5.07. The molecule has 1 atom stereocenters. The summed E-state index contributed by atoms with van der Waals surface area (Å²) in [4.78, 5) is 25.1. The van der Waals surface area contributed by atoms with Crippen molar-refractivity contribution in [1.82, 2.24) is 9.78 Å². The van der Waals surface area contributed by atoms with Crippen molar-refractivity contribution < 1.29 is 22.8 Å². The number of benzene rings is 2. The van der Waals surface area contributed by atoms with Gasteiger partial charge in [-0.2, -0.15) is 18.3 Å². The van der Waals surface area contributed by atoms with E-state index in [9.17, 15) is 22.8 Å². The van der Waals surface area contributed by atoms with Crippen molar-refractivity contribution in [3.63, 3.8) is 0 Å². The Bertz CT molecular complexity index is 1140. The summed E-state index contributed by atoms with van der Waals surface area (Å²) in [5.41, 5.74) is 1.63. The number of halogens is 3. The molecule has 31 heavy (non-hydrogen) atoms. The van der Waals surface area contributed by atoms with E-state index in [-0.39, 0.29) is 18.0 Å². The molecule has 4 rings (SSSR count). The van der Waals surface area contributed by atoms with E-state index in [1.165, 1.54) is 16.8 Å². The molecule has 0 bridgehead atoms. The largest absolute Gasteiger partial charge is 0.416 e. The third-order valence-corrected chi connectivity index (χ3v) is 5.07. The summed E-state index contributed by atoms with van der Waals surface area (Å²) < 4.78 is 40.2. The second kappa shape index (κ2) is 7.90. The quantitative estimate of drug-likeness (QED) is 0.621. The van der Waals surface area contributed by atoms with E-state index < -0.39 is 23.7 Å². The molecule has 0 saturated carbocycles. The molecular formula is C22H19F3N4O2. The number of amides is 2. The fraction of sp³-hybridized carbons (Fsp3) is 0.227. The second-order valence-corrected chi connectivity index (χ2v) is 7.17. The summed E-state index contributed by atoms with van der Waals surface area (Å²) in [5, 5.41) is 9.77. The highest BCUT2D eigenvalue weighted by molar-refractivity contribution is 6.04. The van der Waals surface area contributed by atoms with E-state index in [0.717, 1.165) is 29.0 Å². The van der Waals surface area contributed by atoms with Crippen molar-refractivity contribution in [2.45, 2.75) is 32.0 Å². The molecule has 0 radical (unpaired) electrons. The molecular weight excluding hydrogens is 409 g/mol. The molecule has 3 aromatic rings. The van der Waals surface area contributed by atoms with Crippen molar-refractivity contribution in [3.8, 4) is 11.1 Å². The van der Waals surface area contributed by atoms with E-state index in [1.54, 1.807) is 0 Å². The van der Waals surface area contributed by atoms with Gasteiger partial charge in [0.25, 0.3) is 5.91 Å². The fourth-order valence-electron chi connectivity index (χ4n) is 3.63. The van der Waals surface area contributed by atoms with Gasteiger partial charge in [-0.3, -0.25) is 9.59 Å². The number of fused-ring (bicyclic) bond motifs is 1. The number of carbonyl (C=O) groups excluding carboxylic acids is 2. The van der Waals surface area contributed by atoms with Gasteiger partial charge in [0, 0.05) is 11.3 Å². The number of aromatic nitrogens is 2. The SMILES string of the molecule is CCc1nn2c(c1-c1ccccc1)NC(=O)[C@H]2CC(=O)Nc1cccc(C(F)(F)F)c1. The lowest BCUT2D eigenvalue weighted by molar-refractivity contribution is -0.137. The van der Waals surface area contributed by atoms with Crippen LogP contribution in [0.4, 0.5) is 24.7 Å². The van der Waals surface area contributed by atoms with Gasteiger partial charge < -0.3 is 10.6 Å². The Hall–Kier alpha value is -3.62. The van der Waals surface area contributed by atoms with Crippen molar-refractivity contribution in [3.05, 3.63) is 65.9 Å². The highest BCUT2D eigenvalue weighted by Crippen LogP contribution is 2.38. The lowest BCUT2D eigenvalue weighted by Gasteiger charge is -2.12. The van der Waals surface area contributed by atoms with Crippen LogP contribution in [0.2, 0.25) is 0 Å². The zero-order chi connectivity index (χ0) is 22.2. The molecule has 2 N–H and O–H groups in total. The van der Waals surface area contributed by atoms with Crippen LogP contribution in [-0.2, 0) is 22.2 Å². The predicted molar refractivity (Wildman–Crippen MR) is 109 cm³/mol. The van der Waals surface area contributed by atoms with Crippen molar-refractivity contribution in [2.24, 2.45) is 0 Å². The fourth-order valence-corrected chi connectivity index (χ4v) is 3.63. The zero-order valence-electron chi connectivity index (χ0n) is 16.5. The van der Waals surface area contributed by atoms with Gasteiger partial charge in [-0.15, -0.1) is 0 Å². The molecule has 6 nitrogen and oxygen atoms in total. The molecule has 1 aliphatic heterocycles. The lowest BCUT2D eigenvalue weighted by Crippen LogP contribution is -2.24. The minimum Gasteiger partial charge on any atom is -0.326 e. The van der Waals surface area contributed by atoms with Gasteiger partial charge >= 0.3 is 6.18 Å². The topological polar surface area (TPSA) is 76.0 Å². The minimum absolute atomic E-state index is 0.0122. The van der Waals surface area contributed by atoms with Gasteiger partial charge in [-0.1, -0.05) is 43.3 Å². The summed E-state index contributed by atoms with van der Waals surface area (Å²) >= 11 is 0. The van der Waals surface area contributed by atoms with Gasteiger partial charge in [-0.25, -0.2) is 4.68 Å². The molecule has 2 heterocycles. The van der Waals surface area contributed by atoms with Crippen LogP contribution in [0.5, 0.6) is 0 Å². The van der Waals surface area contributed by atoms with Crippen molar-refractivity contribution in [2.75, 3.05) is 10.6 Å². The van der Waals surface area contributed by atoms with E-state index >= 15 is 0 Å². The number of carbonyl (C=O) groups is 2. The second-order valence-electron chi connectivity index (χ2n) is 7.17. The average molecular weight is 428 g/mol. The minimum atomic E-state index is -4.51. The summed E-state index contributed by atoms with van der Waals surface area (Å²) in [7, 11) is 0. The van der Waals surface area contributed by atoms with Crippen LogP contribution < -0.4 is 10.6 Å². The summed E-state index contributed by atoms with van der Waals surface area (Å²) in [5.74, 6) is -0.450. The molecule has 0 saturated heterocycles. The Morgan fingerprint density at radius 2 is 1.90 bits per heavy atom. The average Bonchev–Trinajstić information content (AvgIpc) is 3.23. The smallest absolute Gasteiger partial charge is 0.326 e. The van der Waals surface area contributed by atoms with Gasteiger partial charge in [0.2, 0.25) is 5.91 Å². The van der Waals surface area contributed by atoms with E-state index in [4.69, 9.17) is 0 Å². The highest BCUT2D eigenvalue weighted by Gasteiger charge is 2.37. The van der Waals surface area contributed by atoms with Gasteiger partial charge in [0.15, 0.2) is 0 Å². The maximum Gasteiger partial charge on any atom is 0.416 e. The summed E-state index contributed by atoms with van der Waals surface area (Å²) in [6, 6.07) is 13.0. The number of hydrogen-bond donors (Lipinski definition) is 2. The molecule has 9 heteroatoms. The van der Waals surface area contributed by atoms with Crippen LogP contribution in [0.15, 0.2) is 54.6 Å². The van der Waals surface area contributed by atoms with Crippen LogP contribution in [-0.4, -0.2) is 21.6 Å². The molecule has 0 fully saturated rings. The molecule has 0 unspecified atom stereocenters. The number of nitrogens with one attached hydrogen (secondary N) is 2. The van der Waals surface area contributed by atoms with Gasteiger partial charge in [-0.05, 0) is 30.2 Å². The number of hydrogen-bond acceptors (Lipinski definition) is 3. The van der Waals surface area contributed by atoms with Crippen molar-refractivity contribution >= 4 is 23.3 Å². The number of nitrogens with zero attached hydrogens (tertiary/aromatic N) is 2. The van der Waals surface area contributed by atoms with E-state index in [0.29, 0.717) is 12.2 Å². The molecule has 1 aromatic heterocycles. The number of aryl methyl sites for hydroxylation is 1. The molecule has 2 aromatic carbocycles. The number of anilines is 2. The normalized spacial score (nSPS) is 15.5. The molecule has 0 aliphatic carbocycles. The van der Waals surface area contributed by atoms with Gasteiger partial charge in [0.05, 0.1) is 17.7 Å². The maximum atomic E-state index is 12.9. The van der Waals surface area contributed by atoms with Crippen LogP contribution in [0.25, 0.3) is 11.1 Å². The maximum absolute atomic E-state index is 12.9. The van der Waals surface area contributed by atoms with Crippen LogP contribution in [0.3, 0.4) is 0 Å². The Balaban J connectivity index is 1.57. The Morgan fingerprint density at radius 3 is 2.58 bits per heavy atom. The Morgan fingerprint density at radius 1 is 1.16 bits per heavy atom. The molecule has 1 aliphatic rings. The predicted octanol–water partition coefficient (Wildman–Crippen LogP) is 4.65. The number of rotatable bonds is 5. The number of alkyl halides is 3. The van der Waals surface area contributed by atoms with E-state index in [2.05, 4.69) is 15.7 Å². The van der Waals surface area contributed by atoms with Crippen LogP contribution in [0.1, 0.15) is 30.6 Å². The van der Waals surface area contributed by atoms with Gasteiger partial charge in [0.1, 0.15) is 11.9 Å². The highest BCUT2D eigenvalue weighted by atomic mass is 19.4. The standard InChI is InChI=1S/C22H19F3N4O2/c1-2-16-19(13-7-4-3-5-8-13)20-27-21(31)17(29(20)28-16)12-18(30)26-15-10-6-9-14(11-15)22(23,24)25/h3-11,17H,2,12H2,1H3,(H,26,30)(H,27,31)/t17-/m1/s1. The summed E-state index contributed by atoms with van der Waals surface area (Å²) in [6.07, 6.45) is -4.14. The van der Waals surface area contributed by atoms with Crippen LogP contribution in [0, 0.1) is 0 Å². The van der Waals surface area contributed by atoms with Crippen LogP contribution >= 0.6 is 0 Å². The first-order chi connectivity index (χ1) is 14.8. The first-order valence-corrected chi connectivity index (χ1v) is 9.72.